The first-order valence-corrected chi connectivity index (χ1v) is 11.7. The average molecular weight is 493 g/mol. The van der Waals surface area contributed by atoms with Crippen LogP contribution in [0.2, 0.25) is 0 Å². The number of nitrogens with zero attached hydrogens (tertiary/aromatic N) is 5. The van der Waals surface area contributed by atoms with Crippen LogP contribution in [0.5, 0.6) is 11.5 Å². The van der Waals surface area contributed by atoms with Gasteiger partial charge in [0.05, 0.1) is 17.0 Å². The van der Waals surface area contributed by atoms with Crippen LogP contribution in [0.1, 0.15) is 11.1 Å². The van der Waals surface area contributed by atoms with Crippen LogP contribution >= 0.6 is 0 Å². The van der Waals surface area contributed by atoms with Crippen molar-refractivity contribution in [2.75, 3.05) is 6.54 Å². The van der Waals surface area contributed by atoms with Gasteiger partial charge in [0.15, 0.2) is 11.6 Å². The molecule has 0 aliphatic rings. The van der Waals surface area contributed by atoms with Gasteiger partial charge >= 0.3 is 0 Å². The van der Waals surface area contributed by atoms with Crippen molar-refractivity contribution in [1.29, 1.82) is 0 Å². The quantitative estimate of drug-likeness (QED) is 0.124. The Kier molecular flexibility index (Phi) is 6.42. The van der Waals surface area contributed by atoms with E-state index in [0.717, 1.165) is 27.7 Å². The number of ether oxygens (including phenoxy) is 1. The first-order chi connectivity index (χ1) is 16.8. The van der Waals surface area contributed by atoms with Crippen LogP contribution < -0.4 is 4.74 Å². The van der Waals surface area contributed by atoms with Crippen LogP contribution in [0.4, 0.5) is 14.5 Å². The number of aromatic nitrogens is 1. The molecule has 0 saturated carbocycles. The van der Waals surface area contributed by atoms with Crippen molar-refractivity contribution in [3.05, 3.63) is 105 Å². The summed E-state index contributed by atoms with van der Waals surface area (Å²) in [5.41, 5.74) is 9.59. The Hall–Kier alpha value is -4.39. The minimum absolute atomic E-state index is 0.0207. The molecular weight excluding hydrogens is 476 g/mol. The van der Waals surface area contributed by atoms with Gasteiger partial charge in [-0.05, 0) is 55.3 Å². The van der Waals surface area contributed by atoms with Crippen LogP contribution in [0.3, 0.4) is 0 Å². The Labute approximate surface area is 199 Å². The van der Waals surface area contributed by atoms with Gasteiger partial charge < -0.3 is 4.74 Å². The summed E-state index contributed by atoms with van der Waals surface area (Å²) in [6.07, 6.45) is 1.36. The number of halogens is 2. The Morgan fingerprint density at radius 2 is 1.83 bits per heavy atom. The zero-order valence-electron chi connectivity index (χ0n) is 18.3. The van der Waals surface area contributed by atoms with E-state index >= 15 is 4.39 Å². The second kappa shape index (κ2) is 9.46. The summed E-state index contributed by atoms with van der Waals surface area (Å²) < 4.78 is 62.3. The number of benzene rings is 3. The predicted molar refractivity (Wildman–Crippen MR) is 126 cm³/mol. The summed E-state index contributed by atoms with van der Waals surface area (Å²) in [6.45, 7) is 8.84. The topological polar surface area (TPSA) is 101 Å². The fourth-order valence-electron chi connectivity index (χ4n) is 3.63. The van der Waals surface area contributed by atoms with E-state index in [-0.39, 0.29) is 46.1 Å². The number of aryl methyl sites for hydroxylation is 1. The standard InChI is InChI=1S/C24H17F2N5O3S/c1-15-3-6-17(7-4-15)35(32,33)31-12-10-18-19(9-11-29-30-27)24(21(26)14-23(18)31)34-16-5-8-20(25)22(13-16)28-2/h3-8,10,12-14H,9,11H2,1H3. The van der Waals surface area contributed by atoms with Crippen molar-refractivity contribution < 1.29 is 21.9 Å². The Balaban J connectivity index is 1.88. The Morgan fingerprint density at radius 1 is 1.09 bits per heavy atom. The summed E-state index contributed by atoms with van der Waals surface area (Å²) in [6, 6.07) is 12.2. The number of hydrogen-bond donors (Lipinski definition) is 0. The normalized spacial score (nSPS) is 11.1. The highest BCUT2D eigenvalue weighted by molar-refractivity contribution is 7.90. The minimum atomic E-state index is -4.03. The van der Waals surface area contributed by atoms with Crippen LogP contribution in [0.25, 0.3) is 26.2 Å². The third-order valence-electron chi connectivity index (χ3n) is 5.33. The van der Waals surface area contributed by atoms with Crippen molar-refractivity contribution in [3.8, 4) is 11.5 Å². The third-order valence-corrected chi connectivity index (χ3v) is 7.03. The van der Waals surface area contributed by atoms with Gasteiger partial charge in [-0.1, -0.05) is 22.8 Å². The van der Waals surface area contributed by atoms with Crippen molar-refractivity contribution in [3.63, 3.8) is 0 Å². The maximum Gasteiger partial charge on any atom is 0.268 e. The van der Waals surface area contributed by atoms with Crippen molar-refractivity contribution in [2.24, 2.45) is 5.11 Å². The fraction of sp³-hybridized carbons (Fsp3) is 0.125. The number of rotatable bonds is 7. The molecule has 0 unspecified atom stereocenters. The molecule has 176 valence electrons. The monoisotopic (exact) mass is 493 g/mol. The molecular formula is C24H17F2N5O3S. The van der Waals surface area contributed by atoms with Crippen LogP contribution in [-0.2, 0) is 16.4 Å². The molecule has 1 aromatic heterocycles. The molecule has 0 fully saturated rings. The highest BCUT2D eigenvalue weighted by Crippen LogP contribution is 2.37. The summed E-state index contributed by atoms with van der Waals surface area (Å²) in [4.78, 5) is 5.81. The van der Waals surface area contributed by atoms with Crippen LogP contribution in [0, 0.1) is 25.1 Å². The molecule has 0 atom stereocenters. The van der Waals surface area contributed by atoms with Crippen LogP contribution in [-0.4, -0.2) is 18.9 Å². The van der Waals surface area contributed by atoms with E-state index in [1.807, 2.05) is 6.92 Å². The van der Waals surface area contributed by atoms with E-state index in [1.165, 1.54) is 30.5 Å². The number of hydrogen-bond acceptors (Lipinski definition) is 4. The van der Waals surface area contributed by atoms with E-state index in [2.05, 4.69) is 14.9 Å². The molecule has 4 aromatic rings. The van der Waals surface area contributed by atoms with Gasteiger partial charge in [0.1, 0.15) is 11.6 Å². The van der Waals surface area contributed by atoms with E-state index in [1.54, 1.807) is 12.1 Å². The maximum atomic E-state index is 15.4. The minimum Gasteiger partial charge on any atom is -0.455 e. The summed E-state index contributed by atoms with van der Waals surface area (Å²) >= 11 is 0. The molecule has 3 aromatic carbocycles. The molecule has 0 bridgehead atoms. The smallest absolute Gasteiger partial charge is 0.268 e. The molecule has 11 heteroatoms. The lowest BCUT2D eigenvalue weighted by molar-refractivity contribution is 0.437. The van der Waals surface area contributed by atoms with Gasteiger partial charge in [0.2, 0.25) is 5.69 Å². The Morgan fingerprint density at radius 3 is 2.51 bits per heavy atom. The molecule has 8 nitrogen and oxygen atoms in total. The SMILES string of the molecule is [C-]#[N+]c1cc(Oc2c(F)cc3c(ccn3S(=O)(=O)c3ccc(C)cc3)c2CCN=[N+]=[N-])ccc1F. The molecule has 0 spiro atoms. The molecule has 35 heavy (non-hydrogen) atoms. The van der Waals surface area contributed by atoms with Gasteiger partial charge in [-0.25, -0.2) is 26.0 Å². The lowest BCUT2D eigenvalue weighted by Gasteiger charge is -2.15. The summed E-state index contributed by atoms with van der Waals surface area (Å²) in [5.74, 6) is -1.84. The zero-order chi connectivity index (χ0) is 25.2. The van der Waals surface area contributed by atoms with Gasteiger partial charge in [-0.15, -0.1) is 0 Å². The molecule has 0 aliphatic heterocycles. The van der Waals surface area contributed by atoms with Crippen molar-refractivity contribution >= 4 is 26.6 Å². The van der Waals surface area contributed by atoms with Gasteiger partial charge in [-0.3, -0.25) is 0 Å². The van der Waals surface area contributed by atoms with Gasteiger partial charge in [0, 0.05) is 34.7 Å². The lowest BCUT2D eigenvalue weighted by Crippen LogP contribution is -2.12. The molecule has 0 N–H and O–H groups in total. The van der Waals surface area contributed by atoms with Gasteiger partial charge in [-0.2, -0.15) is 0 Å². The second-order valence-corrected chi connectivity index (χ2v) is 9.38. The predicted octanol–water partition coefficient (Wildman–Crippen LogP) is 6.66. The van der Waals surface area contributed by atoms with E-state index in [0.29, 0.717) is 5.39 Å². The van der Waals surface area contributed by atoms with Crippen molar-refractivity contribution in [1.82, 2.24) is 3.97 Å². The highest BCUT2D eigenvalue weighted by atomic mass is 32.2. The van der Waals surface area contributed by atoms with E-state index in [4.69, 9.17) is 16.8 Å². The zero-order valence-corrected chi connectivity index (χ0v) is 19.1. The first kappa shape index (κ1) is 23.8. The van der Waals surface area contributed by atoms with Crippen LogP contribution in [0.15, 0.2) is 70.8 Å². The molecule has 0 aliphatic carbocycles. The lowest BCUT2D eigenvalue weighted by atomic mass is 10.1. The van der Waals surface area contributed by atoms with Gasteiger partial charge in [0.25, 0.3) is 10.0 Å². The number of azide groups is 1. The molecule has 0 saturated heterocycles. The molecule has 4 rings (SSSR count). The second-order valence-electron chi connectivity index (χ2n) is 7.56. The fourth-order valence-corrected chi connectivity index (χ4v) is 4.97. The van der Waals surface area contributed by atoms with Crippen molar-refractivity contribution in [2.45, 2.75) is 18.2 Å². The average Bonchev–Trinajstić information content (AvgIpc) is 3.26. The highest BCUT2D eigenvalue weighted by Gasteiger charge is 2.24. The maximum absolute atomic E-state index is 15.4. The third kappa shape index (κ3) is 4.53. The molecule has 0 radical (unpaired) electrons. The Bertz CT molecular complexity index is 1630. The molecule has 0 amide bonds. The van der Waals surface area contributed by atoms with E-state index < -0.39 is 21.7 Å². The first-order valence-electron chi connectivity index (χ1n) is 10.3. The summed E-state index contributed by atoms with van der Waals surface area (Å²) in [5, 5.41) is 3.86. The summed E-state index contributed by atoms with van der Waals surface area (Å²) in [7, 11) is -4.03. The van der Waals surface area contributed by atoms with E-state index in [9.17, 15) is 12.8 Å². The largest absolute Gasteiger partial charge is 0.455 e. The number of fused-ring (bicyclic) bond motifs is 1. The molecule has 1 heterocycles.